The second kappa shape index (κ2) is 5.41. The highest BCUT2D eigenvalue weighted by Gasteiger charge is 2.39. The van der Waals surface area contributed by atoms with Crippen LogP contribution >= 0.6 is 11.8 Å². The van der Waals surface area contributed by atoms with Gasteiger partial charge in [-0.2, -0.15) is 11.8 Å². The number of ether oxygens (including phenoxy) is 1. The summed E-state index contributed by atoms with van der Waals surface area (Å²) in [4.78, 5) is 0. The van der Waals surface area contributed by atoms with Crippen molar-refractivity contribution in [3.8, 4) is 5.75 Å². The molecule has 4 heteroatoms. The molecule has 2 atom stereocenters. The number of methoxy groups -OCH3 is 1. The fourth-order valence-corrected chi connectivity index (χ4v) is 3.82. The molecule has 3 N–H and O–H groups in total. The third kappa shape index (κ3) is 2.45. The van der Waals surface area contributed by atoms with Crippen LogP contribution in [0.15, 0.2) is 18.2 Å². The zero-order valence-electron chi connectivity index (χ0n) is 11.3. The van der Waals surface area contributed by atoms with Crippen molar-refractivity contribution in [3.63, 3.8) is 0 Å². The fraction of sp³-hybridized carbons (Fsp3) is 0.571. The van der Waals surface area contributed by atoms with E-state index in [-0.39, 0.29) is 5.54 Å². The number of hydrogen-bond acceptors (Lipinski definition) is 4. The van der Waals surface area contributed by atoms with E-state index >= 15 is 0 Å². The maximum absolute atomic E-state index is 6.02. The summed E-state index contributed by atoms with van der Waals surface area (Å²) in [7, 11) is 1.70. The van der Waals surface area contributed by atoms with E-state index in [4.69, 9.17) is 10.5 Å². The Kier molecular flexibility index (Phi) is 4.07. The van der Waals surface area contributed by atoms with Gasteiger partial charge < -0.3 is 15.8 Å². The summed E-state index contributed by atoms with van der Waals surface area (Å²) in [5, 5.41) is 4.21. The Morgan fingerprint density at radius 3 is 2.89 bits per heavy atom. The van der Waals surface area contributed by atoms with Gasteiger partial charge in [0, 0.05) is 23.5 Å². The SMILES string of the molecule is COc1ccc(C)c(NC2(CN)CCSC2C)c1. The molecule has 100 valence electrons. The second-order valence-electron chi connectivity index (χ2n) is 4.93. The predicted octanol–water partition coefficient (Wildman–Crippen LogP) is 2.64. The molecular formula is C14H22N2OS. The van der Waals surface area contributed by atoms with E-state index < -0.39 is 0 Å². The number of hydrogen-bond donors (Lipinski definition) is 2. The van der Waals surface area contributed by atoms with Crippen LogP contribution < -0.4 is 15.8 Å². The largest absolute Gasteiger partial charge is 0.497 e. The monoisotopic (exact) mass is 266 g/mol. The van der Waals surface area contributed by atoms with Crippen molar-refractivity contribution in [2.24, 2.45) is 5.73 Å². The van der Waals surface area contributed by atoms with Crippen LogP contribution in [0.2, 0.25) is 0 Å². The molecule has 1 fully saturated rings. The first kappa shape index (κ1) is 13.6. The van der Waals surface area contributed by atoms with E-state index in [1.807, 2.05) is 17.8 Å². The lowest BCUT2D eigenvalue weighted by atomic mass is 9.92. The molecular weight excluding hydrogens is 244 g/mol. The van der Waals surface area contributed by atoms with E-state index in [0.717, 1.165) is 17.9 Å². The normalized spacial score (nSPS) is 27.2. The topological polar surface area (TPSA) is 47.3 Å². The molecule has 1 aromatic carbocycles. The molecule has 1 heterocycles. The molecule has 2 unspecified atom stereocenters. The first-order chi connectivity index (χ1) is 8.61. The maximum Gasteiger partial charge on any atom is 0.120 e. The van der Waals surface area contributed by atoms with Crippen LogP contribution in [0, 0.1) is 6.92 Å². The Balaban J connectivity index is 2.27. The fourth-order valence-electron chi connectivity index (χ4n) is 2.39. The molecule has 0 aliphatic carbocycles. The molecule has 1 saturated heterocycles. The van der Waals surface area contributed by atoms with Crippen molar-refractivity contribution in [2.75, 3.05) is 24.7 Å². The number of anilines is 1. The molecule has 18 heavy (non-hydrogen) atoms. The molecule has 0 saturated carbocycles. The van der Waals surface area contributed by atoms with Gasteiger partial charge in [0.25, 0.3) is 0 Å². The first-order valence-corrected chi connectivity index (χ1v) is 7.40. The summed E-state index contributed by atoms with van der Waals surface area (Å²) in [6.45, 7) is 5.03. The third-order valence-electron chi connectivity index (χ3n) is 3.89. The van der Waals surface area contributed by atoms with Crippen molar-refractivity contribution in [1.82, 2.24) is 0 Å². The summed E-state index contributed by atoms with van der Waals surface area (Å²) in [6, 6.07) is 6.13. The molecule has 0 bridgehead atoms. The van der Waals surface area contributed by atoms with Gasteiger partial charge in [-0.1, -0.05) is 13.0 Å². The van der Waals surface area contributed by atoms with Gasteiger partial charge in [-0.3, -0.25) is 0 Å². The van der Waals surface area contributed by atoms with Crippen LogP contribution in [-0.2, 0) is 0 Å². The smallest absolute Gasteiger partial charge is 0.120 e. The van der Waals surface area contributed by atoms with E-state index in [2.05, 4.69) is 31.3 Å². The maximum atomic E-state index is 6.02. The summed E-state index contributed by atoms with van der Waals surface area (Å²) in [6.07, 6.45) is 1.12. The first-order valence-electron chi connectivity index (χ1n) is 6.36. The van der Waals surface area contributed by atoms with Crippen molar-refractivity contribution >= 4 is 17.4 Å². The molecule has 0 spiro atoms. The van der Waals surface area contributed by atoms with E-state index in [9.17, 15) is 0 Å². The zero-order chi connectivity index (χ0) is 13.2. The quantitative estimate of drug-likeness (QED) is 0.879. The minimum atomic E-state index is 0.0157. The number of nitrogens with two attached hydrogens (primary N) is 1. The Morgan fingerprint density at radius 2 is 2.33 bits per heavy atom. The summed E-state index contributed by atoms with van der Waals surface area (Å²) in [5.74, 6) is 2.06. The van der Waals surface area contributed by atoms with Crippen molar-refractivity contribution < 1.29 is 4.74 Å². The molecule has 0 radical (unpaired) electrons. The lowest BCUT2D eigenvalue weighted by Gasteiger charge is -2.34. The Morgan fingerprint density at radius 1 is 1.56 bits per heavy atom. The van der Waals surface area contributed by atoms with Crippen LogP contribution in [0.3, 0.4) is 0 Å². The molecule has 1 aromatic rings. The number of thioether (sulfide) groups is 1. The number of benzene rings is 1. The number of rotatable bonds is 4. The van der Waals surface area contributed by atoms with Crippen LogP contribution in [0.5, 0.6) is 5.75 Å². The van der Waals surface area contributed by atoms with Gasteiger partial charge in [0.15, 0.2) is 0 Å². The summed E-state index contributed by atoms with van der Waals surface area (Å²) in [5.41, 5.74) is 8.40. The van der Waals surface area contributed by atoms with Gasteiger partial charge in [0.2, 0.25) is 0 Å². The van der Waals surface area contributed by atoms with Crippen molar-refractivity contribution in [2.45, 2.75) is 31.1 Å². The van der Waals surface area contributed by atoms with E-state index in [1.165, 1.54) is 11.3 Å². The van der Waals surface area contributed by atoms with Gasteiger partial charge in [-0.25, -0.2) is 0 Å². The predicted molar refractivity (Wildman–Crippen MR) is 79.7 cm³/mol. The standard InChI is InChI=1S/C14H22N2OS/c1-10-4-5-12(17-3)8-13(10)16-14(9-15)6-7-18-11(14)2/h4-5,8,11,16H,6-7,9,15H2,1-3H3. The van der Waals surface area contributed by atoms with E-state index in [1.54, 1.807) is 7.11 Å². The highest BCUT2D eigenvalue weighted by molar-refractivity contribution is 8.00. The van der Waals surface area contributed by atoms with Gasteiger partial charge in [-0.05, 0) is 30.7 Å². The Bertz CT molecular complexity index is 424. The molecule has 1 aliphatic heterocycles. The number of nitrogens with one attached hydrogen (secondary N) is 1. The van der Waals surface area contributed by atoms with Crippen LogP contribution in [0.25, 0.3) is 0 Å². The highest BCUT2D eigenvalue weighted by atomic mass is 32.2. The van der Waals surface area contributed by atoms with Gasteiger partial charge >= 0.3 is 0 Å². The minimum absolute atomic E-state index is 0.0157. The lowest BCUT2D eigenvalue weighted by Crippen LogP contribution is -2.50. The van der Waals surface area contributed by atoms with Gasteiger partial charge in [0.1, 0.15) is 5.75 Å². The minimum Gasteiger partial charge on any atom is -0.497 e. The molecule has 3 nitrogen and oxygen atoms in total. The summed E-state index contributed by atoms with van der Waals surface area (Å²) >= 11 is 1.99. The third-order valence-corrected chi connectivity index (χ3v) is 5.28. The molecule has 2 rings (SSSR count). The Labute approximate surface area is 113 Å². The molecule has 0 amide bonds. The Hall–Kier alpha value is -0.870. The van der Waals surface area contributed by atoms with Crippen molar-refractivity contribution in [1.29, 1.82) is 0 Å². The highest BCUT2D eigenvalue weighted by Crippen LogP contribution is 2.38. The van der Waals surface area contributed by atoms with Gasteiger partial charge in [-0.15, -0.1) is 0 Å². The van der Waals surface area contributed by atoms with Crippen LogP contribution in [-0.4, -0.2) is 30.2 Å². The average molecular weight is 266 g/mol. The molecule has 0 aromatic heterocycles. The van der Waals surface area contributed by atoms with Gasteiger partial charge in [0.05, 0.1) is 12.6 Å². The van der Waals surface area contributed by atoms with Crippen molar-refractivity contribution in [3.05, 3.63) is 23.8 Å². The number of aryl methyl sites for hydroxylation is 1. The van der Waals surface area contributed by atoms with Crippen LogP contribution in [0.1, 0.15) is 18.9 Å². The van der Waals surface area contributed by atoms with E-state index in [0.29, 0.717) is 11.8 Å². The average Bonchev–Trinajstić information content (AvgIpc) is 2.74. The summed E-state index contributed by atoms with van der Waals surface area (Å²) < 4.78 is 5.29. The molecule has 1 aliphatic rings. The lowest BCUT2D eigenvalue weighted by molar-refractivity contribution is 0.414. The van der Waals surface area contributed by atoms with Crippen LogP contribution in [0.4, 0.5) is 5.69 Å². The second-order valence-corrected chi connectivity index (χ2v) is 6.38. The zero-order valence-corrected chi connectivity index (χ0v) is 12.1.